The van der Waals surface area contributed by atoms with Crippen LogP contribution in [0.1, 0.15) is 27.4 Å². The predicted molar refractivity (Wildman–Crippen MR) is 76.5 cm³/mol. The van der Waals surface area contributed by atoms with E-state index in [0.29, 0.717) is 22.8 Å². The molecule has 0 radical (unpaired) electrons. The Hall–Kier alpha value is -1.83. The predicted octanol–water partition coefficient (Wildman–Crippen LogP) is 2.55. The second-order valence-corrected chi connectivity index (χ2v) is 5.17. The van der Waals surface area contributed by atoms with Gasteiger partial charge in [0.15, 0.2) is 3.77 Å². The number of carbonyl (C=O) groups is 1. The smallest absolute Gasteiger partial charge is 0.349 e. The van der Waals surface area contributed by atoms with Crippen molar-refractivity contribution in [2.24, 2.45) is 0 Å². The molecule has 0 amide bonds. The van der Waals surface area contributed by atoms with Gasteiger partial charge in [-0.2, -0.15) is 0 Å². The Labute approximate surface area is 121 Å². The van der Waals surface area contributed by atoms with Crippen LogP contribution in [0.25, 0.3) is 11.8 Å². The maximum atomic E-state index is 11.7. The number of furan rings is 1. The van der Waals surface area contributed by atoms with E-state index in [2.05, 4.69) is 4.98 Å². The summed E-state index contributed by atoms with van der Waals surface area (Å²) in [7, 11) is 0. The fraction of sp³-hybridized carbons (Fsp3) is 0.0769. The fourth-order valence-corrected chi connectivity index (χ4v) is 2.37. The topological polar surface area (TPSA) is 72.3 Å². The number of aromatic nitrogens is 1. The van der Waals surface area contributed by atoms with Gasteiger partial charge in [0.2, 0.25) is 0 Å². The lowest BCUT2D eigenvalue weighted by atomic mass is 10.1. The number of aromatic amines is 1. The highest BCUT2D eigenvalue weighted by molar-refractivity contribution is 14.1. The highest BCUT2D eigenvalue weighted by Crippen LogP contribution is 2.29. The van der Waals surface area contributed by atoms with E-state index < -0.39 is 11.5 Å². The van der Waals surface area contributed by atoms with Crippen LogP contribution in [0, 0.1) is 10.7 Å². The molecule has 0 saturated heterocycles. The molecule has 96 valence electrons. The number of pyridine rings is 1. The first-order valence-corrected chi connectivity index (χ1v) is 6.56. The minimum absolute atomic E-state index is 0.0399. The zero-order valence-electron chi connectivity index (χ0n) is 9.82. The molecule has 2 aromatic rings. The molecule has 19 heavy (non-hydrogen) atoms. The standard InChI is InChI=1S/C13H8INO4/c1-6-4-8-9(5-7-2-3-10(14)18-7)19-13(17)11(8)12(16)15-6/h2-5H,1H3,(H,15,16)/b9-5-. The van der Waals surface area contributed by atoms with E-state index in [1.54, 1.807) is 31.2 Å². The molecule has 0 aliphatic carbocycles. The Bertz CT molecular complexity index is 769. The van der Waals surface area contributed by atoms with E-state index in [4.69, 9.17) is 9.15 Å². The molecule has 0 spiro atoms. The van der Waals surface area contributed by atoms with E-state index in [9.17, 15) is 9.59 Å². The Kier molecular flexibility index (Phi) is 2.81. The van der Waals surface area contributed by atoms with E-state index in [0.717, 1.165) is 3.77 Å². The van der Waals surface area contributed by atoms with Crippen molar-refractivity contribution >= 4 is 40.4 Å². The van der Waals surface area contributed by atoms with Crippen LogP contribution in [0.2, 0.25) is 0 Å². The molecule has 3 heterocycles. The normalized spacial score (nSPS) is 15.7. The van der Waals surface area contributed by atoms with Gasteiger partial charge in [-0.15, -0.1) is 0 Å². The van der Waals surface area contributed by atoms with Gasteiger partial charge in [-0.05, 0) is 47.7 Å². The van der Waals surface area contributed by atoms with Gasteiger partial charge >= 0.3 is 5.97 Å². The lowest BCUT2D eigenvalue weighted by Crippen LogP contribution is -2.16. The summed E-state index contributed by atoms with van der Waals surface area (Å²) in [4.78, 5) is 26.0. The summed E-state index contributed by atoms with van der Waals surface area (Å²) in [6.45, 7) is 1.75. The van der Waals surface area contributed by atoms with E-state index >= 15 is 0 Å². The molecule has 0 saturated carbocycles. The zero-order valence-corrected chi connectivity index (χ0v) is 12.0. The summed E-state index contributed by atoms with van der Waals surface area (Å²) in [6, 6.07) is 5.27. The van der Waals surface area contributed by atoms with Gasteiger partial charge < -0.3 is 14.1 Å². The van der Waals surface area contributed by atoms with Crippen LogP contribution in [0.5, 0.6) is 0 Å². The third kappa shape index (κ3) is 2.12. The van der Waals surface area contributed by atoms with Crippen LogP contribution in [0.4, 0.5) is 0 Å². The van der Waals surface area contributed by atoms with Gasteiger partial charge in [0.1, 0.15) is 17.1 Å². The van der Waals surface area contributed by atoms with Crippen LogP contribution in [0.3, 0.4) is 0 Å². The van der Waals surface area contributed by atoms with Crippen molar-refractivity contribution in [3.05, 3.63) is 54.9 Å². The molecular weight excluding hydrogens is 361 g/mol. The second-order valence-electron chi connectivity index (χ2n) is 4.11. The number of ether oxygens (including phenoxy) is 1. The molecule has 1 aliphatic rings. The van der Waals surface area contributed by atoms with Crippen LogP contribution in [0.15, 0.2) is 27.4 Å². The number of hydrogen-bond acceptors (Lipinski definition) is 4. The van der Waals surface area contributed by atoms with E-state index in [1.807, 2.05) is 22.6 Å². The number of H-pyrrole nitrogens is 1. The molecule has 0 bridgehead atoms. The van der Waals surface area contributed by atoms with Crippen molar-refractivity contribution in [2.45, 2.75) is 6.92 Å². The third-order valence-corrected chi connectivity index (χ3v) is 3.29. The highest BCUT2D eigenvalue weighted by Gasteiger charge is 2.30. The Balaban J connectivity index is 2.17. The minimum Gasteiger partial charge on any atom is -0.451 e. The van der Waals surface area contributed by atoms with Crippen molar-refractivity contribution in [1.82, 2.24) is 4.98 Å². The molecule has 5 nitrogen and oxygen atoms in total. The lowest BCUT2D eigenvalue weighted by molar-refractivity contribution is 0.0715. The largest absolute Gasteiger partial charge is 0.451 e. The minimum atomic E-state index is -0.635. The molecular formula is C13H8INO4. The van der Waals surface area contributed by atoms with Crippen molar-refractivity contribution in [3.63, 3.8) is 0 Å². The van der Waals surface area contributed by atoms with Crippen molar-refractivity contribution in [2.75, 3.05) is 0 Å². The summed E-state index contributed by atoms with van der Waals surface area (Å²) in [5.41, 5.74) is 0.773. The summed E-state index contributed by atoms with van der Waals surface area (Å²) in [5.74, 6) is 0.265. The van der Waals surface area contributed by atoms with Crippen molar-refractivity contribution < 1.29 is 13.9 Å². The van der Waals surface area contributed by atoms with Crippen LogP contribution in [-0.2, 0) is 4.74 Å². The van der Waals surface area contributed by atoms with Gasteiger partial charge in [0.25, 0.3) is 5.56 Å². The summed E-state index contributed by atoms with van der Waals surface area (Å²) in [5, 5.41) is 0. The first kappa shape index (κ1) is 12.2. The Morgan fingerprint density at radius 3 is 2.79 bits per heavy atom. The summed E-state index contributed by atoms with van der Waals surface area (Å²) >= 11 is 2.04. The van der Waals surface area contributed by atoms with Gasteiger partial charge in [0, 0.05) is 17.3 Å². The molecule has 1 N–H and O–H groups in total. The van der Waals surface area contributed by atoms with Crippen molar-refractivity contribution in [1.29, 1.82) is 0 Å². The maximum absolute atomic E-state index is 11.7. The van der Waals surface area contributed by atoms with E-state index in [-0.39, 0.29) is 5.56 Å². The first-order chi connectivity index (χ1) is 9.04. The molecule has 3 rings (SSSR count). The number of esters is 1. The molecule has 6 heteroatoms. The molecule has 0 unspecified atom stereocenters. The van der Waals surface area contributed by atoms with E-state index in [1.165, 1.54) is 0 Å². The molecule has 0 atom stereocenters. The number of halogens is 1. The van der Waals surface area contributed by atoms with Crippen LogP contribution in [-0.4, -0.2) is 11.0 Å². The van der Waals surface area contributed by atoms with Gasteiger partial charge in [-0.1, -0.05) is 0 Å². The maximum Gasteiger partial charge on any atom is 0.349 e. The van der Waals surface area contributed by atoms with Gasteiger partial charge in [-0.25, -0.2) is 4.79 Å². The number of hydrogen-bond donors (Lipinski definition) is 1. The zero-order chi connectivity index (χ0) is 13.6. The highest BCUT2D eigenvalue weighted by atomic mass is 127. The number of cyclic esters (lactones) is 1. The van der Waals surface area contributed by atoms with Crippen molar-refractivity contribution in [3.8, 4) is 0 Å². The number of aryl methyl sites for hydroxylation is 1. The van der Waals surface area contributed by atoms with Gasteiger partial charge in [-0.3, -0.25) is 4.79 Å². The average molecular weight is 369 g/mol. The number of nitrogens with one attached hydrogen (secondary N) is 1. The third-order valence-electron chi connectivity index (χ3n) is 2.71. The fourth-order valence-electron chi connectivity index (χ4n) is 1.93. The Morgan fingerprint density at radius 1 is 1.32 bits per heavy atom. The number of fused-ring (bicyclic) bond motifs is 1. The lowest BCUT2D eigenvalue weighted by Gasteiger charge is -1.98. The van der Waals surface area contributed by atoms with Crippen LogP contribution >= 0.6 is 22.6 Å². The molecule has 2 aromatic heterocycles. The van der Waals surface area contributed by atoms with Crippen LogP contribution < -0.4 is 5.56 Å². The summed E-state index contributed by atoms with van der Waals surface area (Å²) < 4.78 is 11.2. The average Bonchev–Trinajstić information content (AvgIpc) is 2.84. The first-order valence-electron chi connectivity index (χ1n) is 5.48. The summed E-state index contributed by atoms with van der Waals surface area (Å²) in [6.07, 6.45) is 1.60. The number of rotatable bonds is 1. The Morgan fingerprint density at radius 2 is 2.11 bits per heavy atom. The SMILES string of the molecule is Cc1cc2c(c(=O)[nH]1)C(=O)O/C2=C\c1ccc(I)o1. The van der Waals surface area contributed by atoms with Gasteiger partial charge in [0.05, 0.1) is 0 Å². The quantitative estimate of drug-likeness (QED) is 0.620. The molecule has 1 aliphatic heterocycles. The number of carbonyl (C=O) groups excluding carboxylic acids is 1. The molecule has 0 aromatic carbocycles. The molecule has 0 fully saturated rings. The second kappa shape index (κ2) is 4.37. The monoisotopic (exact) mass is 369 g/mol.